The lowest BCUT2D eigenvalue weighted by Gasteiger charge is -2.32. The molecule has 32 heavy (non-hydrogen) atoms. The number of carbonyl (C=O) groups excluding carboxylic acids is 2. The molecule has 0 atom stereocenters. The number of ketones is 1. The number of para-hydroxylation sites is 1. The minimum absolute atomic E-state index is 0.0204. The van der Waals surface area contributed by atoms with Crippen molar-refractivity contribution in [1.82, 2.24) is 4.57 Å². The van der Waals surface area contributed by atoms with Crippen LogP contribution in [-0.2, 0) is 12.8 Å². The largest absolute Gasteiger partial charge is 0.308 e. The predicted molar refractivity (Wildman–Crippen MR) is 125 cm³/mol. The van der Waals surface area contributed by atoms with Gasteiger partial charge in [-0.3, -0.25) is 19.0 Å². The third kappa shape index (κ3) is 3.29. The average Bonchev–Trinajstić information content (AvgIpc) is 3.17. The van der Waals surface area contributed by atoms with E-state index in [1.165, 1.54) is 4.57 Å². The van der Waals surface area contributed by atoms with Crippen LogP contribution in [-0.4, -0.2) is 22.8 Å². The zero-order chi connectivity index (χ0) is 22.6. The minimum Gasteiger partial charge on any atom is -0.308 e. The van der Waals surface area contributed by atoms with Gasteiger partial charge in [0.1, 0.15) is 5.56 Å². The second kappa shape index (κ2) is 7.30. The summed E-state index contributed by atoms with van der Waals surface area (Å²) in [6.45, 7) is 6.53. The molecule has 0 unspecified atom stereocenters. The van der Waals surface area contributed by atoms with Crippen LogP contribution in [0.15, 0.2) is 59.5 Å². The number of pyridine rings is 1. The number of hydrogen-bond acceptors (Lipinski definition) is 3. The molecular formula is C27H26N2O3. The Bertz CT molecular complexity index is 1320. The highest BCUT2D eigenvalue weighted by Crippen LogP contribution is 2.37. The van der Waals surface area contributed by atoms with Gasteiger partial charge in [0.05, 0.1) is 0 Å². The lowest BCUT2D eigenvalue weighted by Crippen LogP contribution is -2.40. The van der Waals surface area contributed by atoms with E-state index in [0.29, 0.717) is 36.2 Å². The summed E-state index contributed by atoms with van der Waals surface area (Å²) < 4.78 is 1.46. The molecule has 1 aliphatic heterocycles. The van der Waals surface area contributed by atoms with Crippen molar-refractivity contribution < 1.29 is 9.59 Å². The third-order valence-electron chi connectivity index (χ3n) is 6.57. The van der Waals surface area contributed by atoms with Gasteiger partial charge in [0, 0.05) is 36.1 Å². The van der Waals surface area contributed by atoms with E-state index >= 15 is 0 Å². The number of aromatic nitrogens is 1. The first kappa shape index (κ1) is 20.4. The number of carbonyl (C=O) groups is 2. The second-order valence-electron chi connectivity index (χ2n) is 9.68. The number of aryl methyl sites for hydroxylation is 1. The molecule has 2 aromatic carbocycles. The van der Waals surface area contributed by atoms with Crippen LogP contribution in [0, 0.1) is 12.3 Å². The van der Waals surface area contributed by atoms with Crippen molar-refractivity contribution in [2.24, 2.45) is 5.41 Å². The van der Waals surface area contributed by atoms with Crippen molar-refractivity contribution in [3.63, 3.8) is 0 Å². The number of anilines is 1. The van der Waals surface area contributed by atoms with E-state index in [4.69, 9.17) is 0 Å². The van der Waals surface area contributed by atoms with Gasteiger partial charge in [-0.15, -0.1) is 0 Å². The number of fused-ring (bicyclic) bond motifs is 2. The summed E-state index contributed by atoms with van der Waals surface area (Å²) in [5.74, 6) is -0.337. The van der Waals surface area contributed by atoms with Gasteiger partial charge in [-0.1, -0.05) is 49.7 Å². The maximum absolute atomic E-state index is 13.9. The van der Waals surface area contributed by atoms with Crippen molar-refractivity contribution in [1.29, 1.82) is 0 Å². The van der Waals surface area contributed by atoms with E-state index in [1.807, 2.05) is 69.3 Å². The van der Waals surface area contributed by atoms with Crippen LogP contribution >= 0.6 is 0 Å². The topological polar surface area (TPSA) is 59.4 Å². The van der Waals surface area contributed by atoms with Crippen molar-refractivity contribution in [3.8, 4) is 5.69 Å². The molecule has 1 aromatic heterocycles. The highest BCUT2D eigenvalue weighted by atomic mass is 16.2. The molecule has 0 saturated carbocycles. The number of hydrogen-bond donors (Lipinski definition) is 0. The van der Waals surface area contributed by atoms with Gasteiger partial charge in [-0.25, -0.2) is 0 Å². The van der Waals surface area contributed by atoms with Gasteiger partial charge in [-0.2, -0.15) is 0 Å². The van der Waals surface area contributed by atoms with Gasteiger partial charge in [0.25, 0.3) is 11.5 Å². The quantitative estimate of drug-likeness (QED) is 0.606. The first-order valence-corrected chi connectivity index (χ1v) is 11.0. The summed E-state index contributed by atoms with van der Waals surface area (Å²) in [5, 5.41) is 0. The maximum atomic E-state index is 13.9. The Labute approximate surface area is 187 Å². The van der Waals surface area contributed by atoms with Gasteiger partial charge < -0.3 is 4.90 Å². The van der Waals surface area contributed by atoms with Crippen LogP contribution in [0.1, 0.15) is 57.7 Å². The molecule has 0 N–H and O–H groups in total. The Morgan fingerprint density at radius 3 is 2.44 bits per heavy atom. The van der Waals surface area contributed by atoms with Crippen LogP contribution in [0.3, 0.4) is 0 Å². The van der Waals surface area contributed by atoms with Crippen LogP contribution in [0.5, 0.6) is 0 Å². The normalized spacial score (nSPS) is 16.6. The molecule has 5 nitrogen and oxygen atoms in total. The Morgan fingerprint density at radius 1 is 0.969 bits per heavy atom. The van der Waals surface area contributed by atoms with E-state index in [2.05, 4.69) is 0 Å². The molecule has 2 heterocycles. The predicted octanol–water partition coefficient (Wildman–Crippen LogP) is 4.50. The Hall–Kier alpha value is -3.47. The standard InChI is InChI=1S/C27H26N2O3/c1-17-8-10-19(11-9-17)29-16-21-20(14-27(2,3)15-23(21)30)24(26(29)32)25(31)28-13-12-18-6-4-5-7-22(18)28/h4-11,16H,12-15H2,1-3H3. The number of Topliss-reactive ketones (excluding diaryl/α,β-unsaturated/α-hetero) is 1. The Morgan fingerprint density at radius 2 is 1.69 bits per heavy atom. The lowest BCUT2D eigenvalue weighted by molar-refractivity contribution is 0.0910. The van der Waals surface area contributed by atoms with Crippen molar-refractivity contribution >= 4 is 17.4 Å². The number of benzene rings is 2. The Balaban J connectivity index is 1.74. The van der Waals surface area contributed by atoms with Gasteiger partial charge in [0.2, 0.25) is 0 Å². The van der Waals surface area contributed by atoms with Crippen LogP contribution in [0.2, 0.25) is 0 Å². The molecule has 1 aliphatic carbocycles. The average molecular weight is 427 g/mol. The molecule has 1 amide bonds. The monoisotopic (exact) mass is 426 g/mol. The Kier molecular flexibility index (Phi) is 4.66. The fourth-order valence-corrected chi connectivity index (χ4v) is 4.95. The first-order valence-electron chi connectivity index (χ1n) is 11.0. The number of nitrogens with zero attached hydrogens (tertiary/aromatic N) is 2. The highest BCUT2D eigenvalue weighted by Gasteiger charge is 2.38. The highest BCUT2D eigenvalue weighted by molar-refractivity contribution is 6.10. The SMILES string of the molecule is Cc1ccc(-n2cc3c(c(C(=O)N4CCc5ccccc54)c2=O)CC(C)(C)CC3=O)cc1. The summed E-state index contributed by atoms with van der Waals surface area (Å²) in [6.07, 6.45) is 3.31. The van der Waals surface area contributed by atoms with E-state index < -0.39 is 0 Å². The molecule has 5 rings (SSSR count). The molecule has 2 aliphatic rings. The fourth-order valence-electron chi connectivity index (χ4n) is 4.95. The molecule has 3 aromatic rings. The first-order chi connectivity index (χ1) is 15.2. The van der Waals surface area contributed by atoms with E-state index in [-0.39, 0.29) is 28.2 Å². The molecule has 0 spiro atoms. The van der Waals surface area contributed by atoms with Crippen molar-refractivity contribution in [2.45, 2.75) is 40.0 Å². The van der Waals surface area contributed by atoms with Crippen LogP contribution < -0.4 is 10.5 Å². The maximum Gasteiger partial charge on any atom is 0.268 e. The smallest absolute Gasteiger partial charge is 0.268 e. The molecule has 0 saturated heterocycles. The van der Waals surface area contributed by atoms with Gasteiger partial charge >= 0.3 is 0 Å². The molecule has 5 heteroatoms. The van der Waals surface area contributed by atoms with Crippen LogP contribution in [0.4, 0.5) is 5.69 Å². The van der Waals surface area contributed by atoms with E-state index in [9.17, 15) is 14.4 Å². The summed E-state index contributed by atoms with van der Waals surface area (Å²) in [7, 11) is 0. The van der Waals surface area contributed by atoms with Gasteiger partial charge in [0.15, 0.2) is 5.78 Å². The van der Waals surface area contributed by atoms with Crippen molar-refractivity contribution in [2.75, 3.05) is 11.4 Å². The summed E-state index contributed by atoms with van der Waals surface area (Å²) >= 11 is 0. The fraction of sp³-hybridized carbons (Fsp3) is 0.296. The number of amides is 1. The number of rotatable bonds is 2. The molecule has 0 bridgehead atoms. The van der Waals surface area contributed by atoms with Crippen molar-refractivity contribution in [3.05, 3.63) is 92.9 Å². The van der Waals surface area contributed by atoms with E-state index in [0.717, 1.165) is 23.2 Å². The van der Waals surface area contributed by atoms with Gasteiger partial charge in [-0.05, 0) is 54.5 Å². The van der Waals surface area contributed by atoms with E-state index in [1.54, 1.807) is 11.1 Å². The molecular weight excluding hydrogens is 400 g/mol. The zero-order valence-electron chi connectivity index (χ0n) is 18.6. The third-order valence-corrected chi connectivity index (χ3v) is 6.57. The minimum atomic E-state index is -0.368. The molecule has 162 valence electrons. The summed E-state index contributed by atoms with van der Waals surface area (Å²) in [4.78, 5) is 42.4. The molecule has 0 radical (unpaired) electrons. The second-order valence-corrected chi connectivity index (χ2v) is 9.68. The lowest BCUT2D eigenvalue weighted by atomic mass is 9.73. The zero-order valence-corrected chi connectivity index (χ0v) is 18.6. The summed E-state index contributed by atoms with van der Waals surface area (Å²) in [5.41, 5.74) is 4.20. The molecule has 0 fully saturated rings. The summed E-state index contributed by atoms with van der Waals surface area (Å²) in [6, 6.07) is 15.3. The van der Waals surface area contributed by atoms with Crippen LogP contribution in [0.25, 0.3) is 5.69 Å².